The first-order valence-electron chi connectivity index (χ1n) is 4.76. The van der Waals surface area contributed by atoms with Crippen molar-refractivity contribution in [1.29, 1.82) is 0 Å². The number of carbonyl (C=O) groups is 1. The summed E-state index contributed by atoms with van der Waals surface area (Å²) in [5.74, 6) is 0. The highest BCUT2D eigenvalue weighted by Gasteiger charge is 2.09. The Balaban J connectivity index is 2.57. The number of aldehydes is 1. The van der Waals surface area contributed by atoms with E-state index in [1.807, 2.05) is 42.8 Å². The highest BCUT2D eigenvalue weighted by Crippen LogP contribution is 2.21. The monoisotopic (exact) mass is 200 g/mol. The third kappa shape index (κ3) is 1.68. The molecule has 0 aliphatic rings. The van der Waals surface area contributed by atoms with E-state index < -0.39 is 0 Å². The number of nitrogens with zero attached hydrogens (tertiary/aromatic N) is 2. The summed E-state index contributed by atoms with van der Waals surface area (Å²) < 4.78 is 1.86. The lowest BCUT2D eigenvalue weighted by Gasteiger charge is -2.03. The Morgan fingerprint density at radius 2 is 1.93 bits per heavy atom. The van der Waals surface area contributed by atoms with Gasteiger partial charge >= 0.3 is 0 Å². The van der Waals surface area contributed by atoms with Gasteiger partial charge in [0, 0.05) is 12.6 Å². The topological polar surface area (TPSA) is 34.9 Å². The molecule has 3 heteroatoms. The van der Waals surface area contributed by atoms with Gasteiger partial charge in [0.15, 0.2) is 6.29 Å². The maximum atomic E-state index is 10.8. The van der Waals surface area contributed by atoms with Gasteiger partial charge in [-0.05, 0) is 6.92 Å². The van der Waals surface area contributed by atoms with Crippen LogP contribution in [0.25, 0.3) is 11.3 Å². The Morgan fingerprint density at radius 1 is 1.27 bits per heavy atom. The predicted molar refractivity (Wildman–Crippen MR) is 58.8 cm³/mol. The Hall–Kier alpha value is -1.90. The Kier molecular flexibility index (Phi) is 2.37. The molecule has 1 heterocycles. The molecular formula is C12H12N2O. The third-order valence-electron chi connectivity index (χ3n) is 2.40. The molecule has 0 radical (unpaired) electrons. The van der Waals surface area contributed by atoms with Crippen LogP contribution < -0.4 is 0 Å². The molecule has 1 aromatic carbocycles. The average molecular weight is 200 g/mol. The van der Waals surface area contributed by atoms with E-state index in [0.29, 0.717) is 5.69 Å². The second-order valence-corrected chi connectivity index (χ2v) is 3.57. The summed E-state index contributed by atoms with van der Waals surface area (Å²) in [6, 6.07) is 8.05. The maximum Gasteiger partial charge on any atom is 0.170 e. The Morgan fingerprint density at radius 3 is 2.53 bits per heavy atom. The van der Waals surface area contributed by atoms with Gasteiger partial charge in [-0.3, -0.25) is 4.79 Å². The lowest BCUT2D eigenvalue weighted by atomic mass is 10.1. The standard InChI is InChI=1S/C12H12N2O/c1-9-3-5-10(6-4-9)12-11(7-15)13-8-14(12)2/h3-8H,1-2H3. The predicted octanol–water partition coefficient (Wildman–Crippen LogP) is 2.21. The van der Waals surface area contributed by atoms with Gasteiger partial charge < -0.3 is 4.57 Å². The molecule has 0 fully saturated rings. The van der Waals surface area contributed by atoms with Gasteiger partial charge in [0.1, 0.15) is 5.69 Å². The van der Waals surface area contributed by atoms with Crippen molar-refractivity contribution in [3.8, 4) is 11.3 Å². The van der Waals surface area contributed by atoms with Crippen LogP contribution in [0, 0.1) is 6.92 Å². The summed E-state index contributed by atoms with van der Waals surface area (Å²) in [5, 5.41) is 0. The lowest BCUT2D eigenvalue weighted by molar-refractivity contribution is 0.112. The molecule has 0 spiro atoms. The molecule has 0 atom stereocenters. The number of benzene rings is 1. The molecule has 1 aromatic heterocycles. The van der Waals surface area contributed by atoms with E-state index in [2.05, 4.69) is 4.98 Å². The Labute approximate surface area is 88.4 Å². The molecule has 15 heavy (non-hydrogen) atoms. The molecule has 0 amide bonds. The number of aromatic nitrogens is 2. The fraction of sp³-hybridized carbons (Fsp3) is 0.167. The summed E-state index contributed by atoms with van der Waals surface area (Å²) >= 11 is 0. The SMILES string of the molecule is Cc1ccc(-c2c(C=O)ncn2C)cc1. The second kappa shape index (κ2) is 3.69. The number of aryl methyl sites for hydroxylation is 2. The first kappa shape index (κ1) is 9.65. The quantitative estimate of drug-likeness (QED) is 0.696. The van der Waals surface area contributed by atoms with Gasteiger partial charge in [0.05, 0.1) is 12.0 Å². The minimum absolute atomic E-state index is 0.487. The minimum Gasteiger partial charge on any atom is -0.333 e. The van der Waals surface area contributed by atoms with Crippen molar-refractivity contribution < 1.29 is 4.79 Å². The highest BCUT2D eigenvalue weighted by molar-refractivity contribution is 5.83. The highest BCUT2D eigenvalue weighted by atomic mass is 16.1. The number of carbonyl (C=O) groups excluding carboxylic acids is 1. The third-order valence-corrected chi connectivity index (χ3v) is 2.40. The van der Waals surface area contributed by atoms with Crippen molar-refractivity contribution >= 4 is 6.29 Å². The van der Waals surface area contributed by atoms with Gasteiger partial charge in [-0.1, -0.05) is 29.8 Å². The average Bonchev–Trinajstić information content (AvgIpc) is 2.61. The van der Waals surface area contributed by atoms with Crippen LogP contribution in [0.3, 0.4) is 0 Å². The van der Waals surface area contributed by atoms with Crippen molar-refractivity contribution in [3.63, 3.8) is 0 Å². The molecule has 0 aliphatic heterocycles. The summed E-state index contributed by atoms with van der Waals surface area (Å²) in [7, 11) is 1.88. The molecule has 0 saturated heterocycles. The van der Waals surface area contributed by atoms with Crippen LogP contribution in [0.15, 0.2) is 30.6 Å². The van der Waals surface area contributed by atoms with E-state index in [0.717, 1.165) is 17.5 Å². The van der Waals surface area contributed by atoms with E-state index in [4.69, 9.17) is 0 Å². The van der Waals surface area contributed by atoms with E-state index in [9.17, 15) is 4.79 Å². The zero-order valence-electron chi connectivity index (χ0n) is 8.77. The fourth-order valence-electron chi connectivity index (χ4n) is 1.60. The van der Waals surface area contributed by atoms with Crippen LogP contribution in [-0.2, 0) is 7.05 Å². The second-order valence-electron chi connectivity index (χ2n) is 3.57. The first-order valence-corrected chi connectivity index (χ1v) is 4.76. The lowest BCUT2D eigenvalue weighted by Crippen LogP contribution is -1.92. The molecule has 0 aliphatic carbocycles. The van der Waals surface area contributed by atoms with Crippen molar-refractivity contribution in [1.82, 2.24) is 9.55 Å². The van der Waals surface area contributed by atoms with Gasteiger partial charge in [0.2, 0.25) is 0 Å². The molecule has 3 nitrogen and oxygen atoms in total. The smallest absolute Gasteiger partial charge is 0.170 e. The van der Waals surface area contributed by atoms with Gasteiger partial charge in [-0.25, -0.2) is 4.98 Å². The first-order chi connectivity index (χ1) is 7.22. The zero-order valence-corrected chi connectivity index (χ0v) is 8.77. The van der Waals surface area contributed by atoms with E-state index in [1.54, 1.807) is 6.33 Å². The van der Waals surface area contributed by atoms with Gasteiger partial charge in [0.25, 0.3) is 0 Å². The molecule has 0 N–H and O–H groups in total. The normalized spacial score (nSPS) is 10.3. The van der Waals surface area contributed by atoms with E-state index in [1.165, 1.54) is 5.56 Å². The van der Waals surface area contributed by atoms with Gasteiger partial charge in [-0.15, -0.1) is 0 Å². The number of hydrogen-bond acceptors (Lipinski definition) is 2. The zero-order chi connectivity index (χ0) is 10.8. The van der Waals surface area contributed by atoms with Gasteiger partial charge in [-0.2, -0.15) is 0 Å². The number of hydrogen-bond donors (Lipinski definition) is 0. The van der Waals surface area contributed by atoms with Crippen LogP contribution in [0.5, 0.6) is 0 Å². The van der Waals surface area contributed by atoms with Crippen LogP contribution in [0.2, 0.25) is 0 Å². The molecule has 0 saturated carbocycles. The van der Waals surface area contributed by atoms with Crippen LogP contribution >= 0.6 is 0 Å². The van der Waals surface area contributed by atoms with Crippen molar-refractivity contribution in [2.24, 2.45) is 7.05 Å². The molecular weight excluding hydrogens is 188 g/mol. The number of rotatable bonds is 2. The minimum atomic E-state index is 0.487. The summed E-state index contributed by atoms with van der Waals surface area (Å²) in [6.07, 6.45) is 2.44. The maximum absolute atomic E-state index is 10.8. The van der Waals surface area contributed by atoms with Crippen LogP contribution in [0.4, 0.5) is 0 Å². The summed E-state index contributed by atoms with van der Waals surface area (Å²) in [6.45, 7) is 2.04. The molecule has 2 rings (SSSR count). The fourth-order valence-corrected chi connectivity index (χ4v) is 1.60. The van der Waals surface area contributed by atoms with E-state index >= 15 is 0 Å². The molecule has 0 bridgehead atoms. The van der Waals surface area contributed by atoms with Crippen LogP contribution in [-0.4, -0.2) is 15.8 Å². The van der Waals surface area contributed by atoms with Crippen LogP contribution in [0.1, 0.15) is 16.1 Å². The number of imidazole rings is 1. The molecule has 0 unspecified atom stereocenters. The van der Waals surface area contributed by atoms with E-state index in [-0.39, 0.29) is 0 Å². The van der Waals surface area contributed by atoms with Crippen molar-refractivity contribution in [3.05, 3.63) is 41.9 Å². The summed E-state index contributed by atoms with van der Waals surface area (Å²) in [5.41, 5.74) is 3.57. The van der Waals surface area contributed by atoms with Crippen molar-refractivity contribution in [2.75, 3.05) is 0 Å². The summed E-state index contributed by atoms with van der Waals surface area (Å²) in [4.78, 5) is 14.8. The molecule has 2 aromatic rings. The largest absolute Gasteiger partial charge is 0.333 e. The molecule has 76 valence electrons. The van der Waals surface area contributed by atoms with Crippen molar-refractivity contribution in [2.45, 2.75) is 6.92 Å². The Bertz CT molecular complexity index is 483.